The zero-order chi connectivity index (χ0) is 17.6. The van der Waals surface area contributed by atoms with Gasteiger partial charge in [-0.25, -0.2) is 14.4 Å². The van der Waals surface area contributed by atoms with E-state index in [-0.39, 0.29) is 23.1 Å². The van der Waals surface area contributed by atoms with Crippen molar-refractivity contribution in [3.63, 3.8) is 0 Å². The van der Waals surface area contributed by atoms with Crippen LogP contribution in [-0.2, 0) is 4.79 Å². The second kappa shape index (κ2) is 5.77. The van der Waals surface area contributed by atoms with E-state index in [1.54, 1.807) is 25.3 Å². The van der Waals surface area contributed by atoms with Crippen LogP contribution in [0.3, 0.4) is 0 Å². The first-order valence-electron chi connectivity index (χ1n) is 8.00. The molecule has 0 atom stereocenters. The summed E-state index contributed by atoms with van der Waals surface area (Å²) in [7, 11) is 0. The molecule has 1 aromatic carbocycles. The van der Waals surface area contributed by atoms with E-state index in [0.717, 1.165) is 12.8 Å². The number of carbonyl (C=O) groups is 1. The van der Waals surface area contributed by atoms with Crippen molar-refractivity contribution in [2.24, 2.45) is 5.92 Å². The van der Waals surface area contributed by atoms with Gasteiger partial charge in [0.1, 0.15) is 11.6 Å². The molecule has 1 amide bonds. The molecule has 6 nitrogen and oxygen atoms in total. The number of nitrogens with zero attached hydrogens (tertiary/aromatic N) is 3. The number of nitrogens with one attached hydrogen (secondary N) is 1. The molecule has 0 radical (unpaired) electrons. The van der Waals surface area contributed by atoms with Gasteiger partial charge in [-0.3, -0.25) is 14.2 Å². The Bertz CT molecular complexity index is 1060. The van der Waals surface area contributed by atoms with E-state index < -0.39 is 5.82 Å². The molecular weight excluding hydrogens is 323 g/mol. The van der Waals surface area contributed by atoms with E-state index in [4.69, 9.17) is 0 Å². The number of aryl methyl sites for hydroxylation is 1. The van der Waals surface area contributed by atoms with Crippen LogP contribution in [0.1, 0.15) is 18.7 Å². The first-order chi connectivity index (χ1) is 12.0. The molecule has 0 spiro atoms. The summed E-state index contributed by atoms with van der Waals surface area (Å²) < 4.78 is 15.4. The molecule has 1 aliphatic rings. The Balaban J connectivity index is 1.83. The summed E-state index contributed by atoms with van der Waals surface area (Å²) in [6.45, 7) is 1.68. The van der Waals surface area contributed by atoms with Crippen molar-refractivity contribution in [2.75, 3.05) is 5.32 Å². The smallest absolute Gasteiger partial charge is 0.267 e. The largest absolute Gasteiger partial charge is 0.323 e. The maximum absolute atomic E-state index is 14.1. The molecule has 126 valence electrons. The van der Waals surface area contributed by atoms with Crippen LogP contribution in [0, 0.1) is 18.7 Å². The third-order valence-electron chi connectivity index (χ3n) is 4.23. The van der Waals surface area contributed by atoms with Crippen LogP contribution < -0.4 is 10.9 Å². The average Bonchev–Trinajstić information content (AvgIpc) is 3.43. The lowest BCUT2D eigenvalue weighted by molar-refractivity contribution is -0.117. The molecule has 1 fully saturated rings. The molecule has 0 bridgehead atoms. The number of aromatic nitrogens is 3. The maximum Gasteiger partial charge on any atom is 0.267 e. The zero-order valence-electron chi connectivity index (χ0n) is 13.5. The fraction of sp³-hybridized carbons (Fsp3) is 0.222. The third-order valence-corrected chi connectivity index (χ3v) is 4.23. The summed E-state index contributed by atoms with van der Waals surface area (Å²) in [5, 5.41) is 2.97. The van der Waals surface area contributed by atoms with Crippen molar-refractivity contribution in [3.05, 3.63) is 58.5 Å². The van der Waals surface area contributed by atoms with Crippen LogP contribution in [-0.4, -0.2) is 20.4 Å². The monoisotopic (exact) mass is 338 g/mol. The summed E-state index contributed by atoms with van der Waals surface area (Å²) in [6, 6.07) is 7.48. The van der Waals surface area contributed by atoms with Crippen molar-refractivity contribution in [2.45, 2.75) is 19.8 Å². The highest BCUT2D eigenvalue weighted by molar-refractivity contribution is 5.94. The number of fused-ring (bicyclic) bond motifs is 1. The average molecular weight is 338 g/mol. The molecule has 7 heteroatoms. The van der Waals surface area contributed by atoms with Gasteiger partial charge in [-0.1, -0.05) is 0 Å². The zero-order valence-corrected chi connectivity index (χ0v) is 13.5. The third kappa shape index (κ3) is 2.77. The molecule has 25 heavy (non-hydrogen) atoms. The minimum atomic E-state index is -0.543. The first kappa shape index (κ1) is 15.4. The Morgan fingerprint density at radius 1 is 1.32 bits per heavy atom. The Morgan fingerprint density at radius 2 is 2.12 bits per heavy atom. The van der Waals surface area contributed by atoms with Crippen molar-refractivity contribution >= 4 is 22.6 Å². The van der Waals surface area contributed by atoms with Gasteiger partial charge >= 0.3 is 0 Å². The van der Waals surface area contributed by atoms with Crippen LogP contribution >= 0.6 is 0 Å². The van der Waals surface area contributed by atoms with Gasteiger partial charge in [-0.15, -0.1) is 0 Å². The predicted molar refractivity (Wildman–Crippen MR) is 91.2 cm³/mol. The number of pyridine rings is 1. The number of hydrogen-bond acceptors (Lipinski definition) is 4. The quantitative estimate of drug-likeness (QED) is 0.796. The molecule has 1 aliphatic carbocycles. The second-order valence-corrected chi connectivity index (χ2v) is 6.10. The number of halogens is 1. The molecule has 4 rings (SSSR count). The van der Waals surface area contributed by atoms with Gasteiger partial charge in [0.15, 0.2) is 5.65 Å². The van der Waals surface area contributed by atoms with E-state index in [0.29, 0.717) is 22.5 Å². The Kier molecular flexibility index (Phi) is 3.56. The van der Waals surface area contributed by atoms with Crippen molar-refractivity contribution in [1.82, 2.24) is 14.5 Å². The van der Waals surface area contributed by atoms with Crippen LogP contribution in [0.15, 0.2) is 41.3 Å². The van der Waals surface area contributed by atoms with Gasteiger partial charge in [0.2, 0.25) is 5.91 Å². The fourth-order valence-corrected chi connectivity index (χ4v) is 2.76. The summed E-state index contributed by atoms with van der Waals surface area (Å²) in [4.78, 5) is 33.1. The molecule has 0 unspecified atom stereocenters. The van der Waals surface area contributed by atoms with E-state index in [2.05, 4.69) is 15.3 Å². The summed E-state index contributed by atoms with van der Waals surface area (Å²) in [6.07, 6.45) is 3.22. The summed E-state index contributed by atoms with van der Waals surface area (Å²) in [5.41, 5.74) is 0.576. The van der Waals surface area contributed by atoms with Crippen LogP contribution in [0.2, 0.25) is 0 Å². The van der Waals surface area contributed by atoms with Crippen molar-refractivity contribution in [1.29, 1.82) is 0 Å². The van der Waals surface area contributed by atoms with E-state index in [1.165, 1.54) is 22.8 Å². The molecule has 1 saturated carbocycles. The lowest BCUT2D eigenvalue weighted by Crippen LogP contribution is -2.23. The molecule has 2 heterocycles. The second-order valence-electron chi connectivity index (χ2n) is 6.10. The minimum absolute atomic E-state index is 0.0408. The van der Waals surface area contributed by atoms with E-state index >= 15 is 0 Å². The van der Waals surface area contributed by atoms with Gasteiger partial charge in [0.05, 0.1) is 16.8 Å². The topological polar surface area (TPSA) is 76.9 Å². The Labute approximate surface area is 142 Å². The number of hydrogen-bond donors (Lipinski definition) is 1. The summed E-state index contributed by atoms with van der Waals surface area (Å²) >= 11 is 0. The lowest BCUT2D eigenvalue weighted by Gasteiger charge is -2.13. The van der Waals surface area contributed by atoms with E-state index in [1.807, 2.05) is 0 Å². The Morgan fingerprint density at radius 3 is 2.88 bits per heavy atom. The molecule has 3 aromatic rings. The highest BCUT2D eigenvalue weighted by atomic mass is 19.1. The molecule has 0 saturated heterocycles. The normalized spacial score (nSPS) is 13.8. The van der Waals surface area contributed by atoms with Gasteiger partial charge in [-0.2, -0.15) is 0 Å². The first-order valence-corrected chi connectivity index (χ1v) is 8.00. The molecule has 0 aliphatic heterocycles. The minimum Gasteiger partial charge on any atom is -0.323 e. The fourth-order valence-electron chi connectivity index (χ4n) is 2.76. The van der Waals surface area contributed by atoms with Crippen molar-refractivity contribution < 1.29 is 9.18 Å². The van der Waals surface area contributed by atoms with Gasteiger partial charge in [0, 0.05) is 12.1 Å². The SMILES string of the molecule is Cc1nc2ncccc2c(=O)n1-c1ccc(F)c(NC(=O)C2CC2)c1. The van der Waals surface area contributed by atoms with Gasteiger partial charge in [0.25, 0.3) is 5.56 Å². The number of carbonyl (C=O) groups excluding carboxylic acids is 1. The number of benzene rings is 1. The van der Waals surface area contributed by atoms with Crippen LogP contribution in [0.5, 0.6) is 0 Å². The summed E-state index contributed by atoms with van der Waals surface area (Å²) in [5.74, 6) is -0.344. The van der Waals surface area contributed by atoms with Crippen molar-refractivity contribution in [3.8, 4) is 5.69 Å². The maximum atomic E-state index is 14.1. The van der Waals surface area contributed by atoms with E-state index in [9.17, 15) is 14.0 Å². The van der Waals surface area contributed by atoms with Gasteiger partial charge in [-0.05, 0) is 50.1 Å². The highest BCUT2D eigenvalue weighted by Crippen LogP contribution is 2.31. The van der Waals surface area contributed by atoms with Crippen LogP contribution in [0.4, 0.5) is 10.1 Å². The predicted octanol–water partition coefficient (Wildman–Crippen LogP) is 2.58. The molecular formula is C18H15FN4O2. The number of rotatable bonds is 3. The number of anilines is 1. The standard InChI is InChI=1S/C18H15FN4O2/c1-10-21-16-13(3-2-8-20-16)18(25)23(10)12-6-7-14(19)15(9-12)22-17(24)11-4-5-11/h2-3,6-9,11H,4-5H2,1H3,(H,22,24). The van der Waals surface area contributed by atoms with Crippen LogP contribution in [0.25, 0.3) is 16.7 Å². The Hall–Kier alpha value is -3.09. The van der Waals surface area contributed by atoms with Gasteiger partial charge < -0.3 is 5.32 Å². The molecule has 1 N–H and O–H groups in total. The lowest BCUT2D eigenvalue weighted by atomic mass is 10.2. The molecule has 2 aromatic heterocycles. The highest BCUT2D eigenvalue weighted by Gasteiger charge is 2.30. The number of amides is 1.